The average Bonchev–Trinajstić information content (AvgIpc) is 2.58. The molecule has 0 fully saturated rings. The lowest BCUT2D eigenvalue weighted by Gasteiger charge is -2.17. The maximum atomic E-state index is 12.0. The molecule has 3 nitrogen and oxygen atoms in total. The lowest BCUT2D eigenvalue weighted by atomic mass is 10.1. The van der Waals surface area contributed by atoms with E-state index in [9.17, 15) is 4.79 Å². The van der Waals surface area contributed by atoms with Gasteiger partial charge < -0.3 is 10.1 Å². The highest BCUT2D eigenvalue weighted by molar-refractivity contribution is 6.31. The molecular formula is C19H22ClNO2. The Bertz CT molecular complexity index is 616. The van der Waals surface area contributed by atoms with Crippen molar-refractivity contribution in [3.8, 4) is 0 Å². The maximum absolute atomic E-state index is 12.0. The van der Waals surface area contributed by atoms with Gasteiger partial charge in [-0.15, -0.1) is 0 Å². The van der Waals surface area contributed by atoms with Crippen LogP contribution >= 0.6 is 11.6 Å². The molecule has 0 radical (unpaired) electrons. The summed E-state index contributed by atoms with van der Waals surface area (Å²) in [6.07, 6.45) is 2.02. The fraction of sp³-hybridized carbons (Fsp3) is 0.316. The molecule has 2 rings (SSSR count). The fourth-order valence-corrected chi connectivity index (χ4v) is 2.71. The average molecular weight is 332 g/mol. The number of nitrogens with one attached hydrogen (secondary N) is 1. The van der Waals surface area contributed by atoms with Crippen LogP contribution < -0.4 is 5.32 Å². The van der Waals surface area contributed by atoms with Crippen LogP contribution in [0.2, 0.25) is 5.02 Å². The fourth-order valence-electron chi connectivity index (χ4n) is 2.45. The van der Waals surface area contributed by atoms with Crippen LogP contribution in [0, 0.1) is 0 Å². The standard InChI is InChI=1S/C19H22ClNO2/c1-23-18(16-11-5-6-12-17(16)20)14-21-19(22)13-7-10-15-8-3-2-4-9-15/h2-6,8-9,11-12,18H,7,10,13-14H2,1H3,(H,21,22). The van der Waals surface area contributed by atoms with Gasteiger partial charge in [0.05, 0.1) is 0 Å². The Hall–Kier alpha value is -1.84. The van der Waals surface area contributed by atoms with Gasteiger partial charge in [0.1, 0.15) is 6.10 Å². The number of hydrogen-bond donors (Lipinski definition) is 1. The molecular weight excluding hydrogens is 310 g/mol. The number of methoxy groups -OCH3 is 1. The molecule has 0 spiro atoms. The van der Waals surface area contributed by atoms with Crippen LogP contribution in [0.5, 0.6) is 0 Å². The van der Waals surface area contributed by atoms with Crippen molar-refractivity contribution in [2.45, 2.75) is 25.4 Å². The van der Waals surface area contributed by atoms with Crippen LogP contribution in [0.4, 0.5) is 0 Å². The molecule has 1 N–H and O–H groups in total. The molecule has 1 unspecified atom stereocenters. The van der Waals surface area contributed by atoms with E-state index in [0.717, 1.165) is 18.4 Å². The Morgan fingerprint density at radius 1 is 1.13 bits per heavy atom. The summed E-state index contributed by atoms with van der Waals surface area (Å²) in [5.41, 5.74) is 2.15. The third-order valence-electron chi connectivity index (χ3n) is 3.73. The van der Waals surface area contributed by atoms with Gasteiger partial charge in [0, 0.05) is 30.7 Å². The van der Waals surface area contributed by atoms with Gasteiger partial charge in [0.2, 0.25) is 5.91 Å². The predicted molar refractivity (Wildman–Crippen MR) is 93.6 cm³/mol. The van der Waals surface area contributed by atoms with E-state index in [1.165, 1.54) is 5.56 Å². The number of benzene rings is 2. The summed E-state index contributed by atoms with van der Waals surface area (Å²) in [5, 5.41) is 3.57. The van der Waals surface area contributed by atoms with Gasteiger partial charge in [0.25, 0.3) is 0 Å². The Morgan fingerprint density at radius 2 is 1.83 bits per heavy atom. The van der Waals surface area contributed by atoms with Crippen molar-refractivity contribution in [2.75, 3.05) is 13.7 Å². The topological polar surface area (TPSA) is 38.3 Å². The monoisotopic (exact) mass is 331 g/mol. The second-order valence-corrected chi connectivity index (χ2v) is 5.80. The molecule has 0 aliphatic carbocycles. The zero-order valence-corrected chi connectivity index (χ0v) is 14.1. The lowest BCUT2D eigenvalue weighted by Crippen LogP contribution is -2.29. The van der Waals surface area contributed by atoms with Gasteiger partial charge in [-0.05, 0) is 24.5 Å². The normalized spacial score (nSPS) is 11.9. The third kappa shape index (κ3) is 5.70. The second-order valence-electron chi connectivity index (χ2n) is 5.39. The first kappa shape index (κ1) is 17.5. The van der Waals surface area contributed by atoms with Crippen LogP contribution in [0.1, 0.15) is 30.1 Å². The molecule has 2 aromatic carbocycles. The summed E-state index contributed by atoms with van der Waals surface area (Å²) in [5.74, 6) is 0.0371. The molecule has 1 amide bonds. The molecule has 0 saturated carbocycles. The highest BCUT2D eigenvalue weighted by Gasteiger charge is 2.14. The van der Waals surface area contributed by atoms with Crippen LogP contribution in [-0.4, -0.2) is 19.6 Å². The van der Waals surface area contributed by atoms with E-state index in [4.69, 9.17) is 16.3 Å². The number of rotatable bonds is 8. The molecule has 122 valence electrons. The second kappa shape index (κ2) is 9.33. The van der Waals surface area contributed by atoms with Crippen molar-refractivity contribution in [2.24, 2.45) is 0 Å². The number of ether oxygens (including phenoxy) is 1. The predicted octanol–water partition coefficient (Wildman–Crippen LogP) is 4.17. The Morgan fingerprint density at radius 3 is 2.52 bits per heavy atom. The van der Waals surface area contributed by atoms with E-state index in [-0.39, 0.29) is 12.0 Å². The van der Waals surface area contributed by atoms with Gasteiger partial charge in [-0.3, -0.25) is 4.79 Å². The van der Waals surface area contributed by atoms with Gasteiger partial charge in [0.15, 0.2) is 0 Å². The molecule has 0 aliphatic rings. The third-order valence-corrected chi connectivity index (χ3v) is 4.08. The molecule has 2 aromatic rings. The number of aryl methyl sites for hydroxylation is 1. The van der Waals surface area contributed by atoms with Gasteiger partial charge in [-0.25, -0.2) is 0 Å². The molecule has 23 heavy (non-hydrogen) atoms. The zero-order valence-electron chi connectivity index (χ0n) is 13.3. The summed E-state index contributed by atoms with van der Waals surface area (Å²) < 4.78 is 5.44. The van der Waals surface area contributed by atoms with Gasteiger partial charge >= 0.3 is 0 Å². The SMILES string of the molecule is COC(CNC(=O)CCCc1ccccc1)c1ccccc1Cl. The number of hydrogen-bond acceptors (Lipinski definition) is 2. The minimum Gasteiger partial charge on any atom is -0.375 e. The molecule has 4 heteroatoms. The van der Waals surface area contributed by atoms with Gasteiger partial charge in [-0.1, -0.05) is 60.1 Å². The molecule has 0 bridgehead atoms. The Balaban J connectivity index is 1.75. The smallest absolute Gasteiger partial charge is 0.220 e. The maximum Gasteiger partial charge on any atom is 0.220 e. The summed E-state index contributed by atoms with van der Waals surface area (Å²) in [6, 6.07) is 17.7. The minimum atomic E-state index is -0.234. The van der Waals surface area contributed by atoms with Crippen molar-refractivity contribution >= 4 is 17.5 Å². The summed E-state index contributed by atoms with van der Waals surface area (Å²) >= 11 is 6.17. The van der Waals surface area contributed by atoms with Crippen LogP contribution in [0.3, 0.4) is 0 Å². The largest absolute Gasteiger partial charge is 0.375 e. The molecule has 0 heterocycles. The van der Waals surface area contributed by atoms with Crippen molar-refractivity contribution in [3.63, 3.8) is 0 Å². The van der Waals surface area contributed by atoms with E-state index >= 15 is 0 Å². The van der Waals surface area contributed by atoms with Crippen molar-refractivity contribution in [1.29, 1.82) is 0 Å². The first-order chi connectivity index (χ1) is 11.2. The van der Waals surface area contributed by atoms with E-state index in [1.807, 2.05) is 42.5 Å². The van der Waals surface area contributed by atoms with E-state index in [0.29, 0.717) is 18.0 Å². The summed E-state index contributed by atoms with van der Waals surface area (Å²) in [6.45, 7) is 0.421. The van der Waals surface area contributed by atoms with Crippen molar-refractivity contribution < 1.29 is 9.53 Å². The highest BCUT2D eigenvalue weighted by atomic mass is 35.5. The summed E-state index contributed by atoms with van der Waals surface area (Å²) in [7, 11) is 1.62. The van der Waals surface area contributed by atoms with Crippen LogP contribution in [0.25, 0.3) is 0 Å². The van der Waals surface area contributed by atoms with Crippen molar-refractivity contribution in [3.05, 3.63) is 70.7 Å². The van der Waals surface area contributed by atoms with Gasteiger partial charge in [-0.2, -0.15) is 0 Å². The molecule has 0 aromatic heterocycles. The number of halogens is 1. The Labute approximate surface area is 142 Å². The lowest BCUT2D eigenvalue weighted by molar-refractivity contribution is -0.121. The first-order valence-corrected chi connectivity index (χ1v) is 8.16. The molecule has 0 saturated heterocycles. The molecule has 0 aliphatic heterocycles. The van der Waals surface area contributed by atoms with Crippen LogP contribution in [0.15, 0.2) is 54.6 Å². The quantitative estimate of drug-likeness (QED) is 0.788. The van der Waals surface area contributed by atoms with E-state index in [2.05, 4.69) is 17.4 Å². The highest BCUT2D eigenvalue weighted by Crippen LogP contribution is 2.24. The van der Waals surface area contributed by atoms with Crippen molar-refractivity contribution in [1.82, 2.24) is 5.32 Å². The zero-order chi connectivity index (χ0) is 16.5. The summed E-state index contributed by atoms with van der Waals surface area (Å²) in [4.78, 5) is 12.0. The first-order valence-electron chi connectivity index (χ1n) is 7.78. The number of carbonyl (C=O) groups is 1. The minimum absolute atomic E-state index is 0.0371. The molecule has 1 atom stereocenters. The van der Waals surface area contributed by atoms with E-state index in [1.54, 1.807) is 7.11 Å². The number of carbonyl (C=O) groups excluding carboxylic acids is 1. The van der Waals surface area contributed by atoms with Crippen LogP contribution in [-0.2, 0) is 16.0 Å². The van der Waals surface area contributed by atoms with E-state index < -0.39 is 0 Å². The Kier molecular flexibility index (Phi) is 7.11. The number of amides is 1.